The molecular weight excluding hydrogens is 184 g/mol. The molecule has 1 aromatic heterocycles. The number of anilines is 1. The minimum atomic E-state index is 0.878. The van der Waals surface area contributed by atoms with Crippen molar-refractivity contribution in [2.75, 3.05) is 18.0 Å². The number of nitrogens with zero attached hydrogens (tertiary/aromatic N) is 2. The van der Waals surface area contributed by atoms with E-state index in [0.29, 0.717) is 0 Å². The lowest BCUT2D eigenvalue weighted by Crippen LogP contribution is -2.19. The van der Waals surface area contributed by atoms with Crippen LogP contribution in [0.15, 0.2) is 36.7 Å². The molecule has 0 N–H and O–H groups in total. The predicted octanol–water partition coefficient (Wildman–Crippen LogP) is 2.48. The fourth-order valence-corrected chi connectivity index (χ4v) is 2.78. The molecule has 2 nitrogen and oxygen atoms in total. The number of pyridine rings is 1. The topological polar surface area (TPSA) is 16.1 Å². The van der Waals surface area contributed by atoms with Gasteiger partial charge < -0.3 is 4.90 Å². The second kappa shape index (κ2) is 3.69. The number of allylic oxidation sites excluding steroid dienone is 2. The summed E-state index contributed by atoms with van der Waals surface area (Å²) in [7, 11) is 0. The zero-order valence-electron chi connectivity index (χ0n) is 8.84. The Morgan fingerprint density at radius 3 is 2.20 bits per heavy atom. The lowest BCUT2D eigenvalue weighted by molar-refractivity contribution is 0.411. The van der Waals surface area contributed by atoms with E-state index in [-0.39, 0.29) is 0 Å². The summed E-state index contributed by atoms with van der Waals surface area (Å²) in [5, 5.41) is 0. The van der Waals surface area contributed by atoms with Crippen LogP contribution in [0.5, 0.6) is 0 Å². The SMILES string of the molecule is C1=CC[C@H]2CN(c3ccncc3)C[C@H]2C1. The quantitative estimate of drug-likeness (QED) is 0.647. The van der Waals surface area contributed by atoms with Gasteiger partial charge in [0, 0.05) is 31.2 Å². The van der Waals surface area contributed by atoms with Gasteiger partial charge in [0.15, 0.2) is 0 Å². The van der Waals surface area contributed by atoms with Gasteiger partial charge in [0.2, 0.25) is 0 Å². The van der Waals surface area contributed by atoms with Crippen molar-refractivity contribution in [3.63, 3.8) is 0 Å². The average Bonchev–Trinajstić information content (AvgIpc) is 2.74. The van der Waals surface area contributed by atoms with E-state index >= 15 is 0 Å². The van der Waals surface area contributed by atoms with Crippen LogP contribution in [0, 0.1) is 11.8 Å². The maximum Gasteiger partial charge on any atom is 0.0397 e. The third kappa shape index (κ3) is 1.65. The van der Waals surface area contributed by atoms with Gasteiger partial charge in [0.25, 0.3) is 0 Å². The first-order chi connectivity index (χ1) is 7.43. The molecule has 3 rings (SSSR count). The maximum atomic E-state index is 4.07. The normalized spacial score (nSPS) is 29.2. The van der Waals surface area contributed by atoms with Crippen molar-refractivity contribution < 1.29 is 0 Å². The number of aromatic nitrogens is 1. The minimum Gasteiger partial charge on any atom is -0.371 e. The molecule has 1 saturated heterocycles. The van der Waals surface area contributed by atoms with Gasteiger partial charge in [-0.2, -0.15) is 0 Å². The van der Waals surface area contributed by atoms with Crippen molar-refractivity contribution >= 4 is 5.69 Å². The molecule has 0 bridgehead atoms. The average molecular weight is 200 g/mol. The highest BCUT2D eigenvalue weighted by Crippen LogP contribution is 2.34. The summed E-state index contributed by atoms with van der Waals surface area (Å²) in [6.45, 7) is 2.44. The van der Waals surface area contributed by atoms with Crippen molar-refractivity contribution in [2.45, 2.75) is 12.8 Å². The second-order valence-electron chi connectivity index (χ2n) is 4.57. The molecule has 0 radical (unpaired) electrons. The summed E-state index contributed by atoms with van der Waals surface area (Å²) in [5.74, 6) is 1.76. The molecule has 1 fully saturated rings. The van der Waals surface area contributed by atoms with E-state index in [1.165, 1.54) is 31.6 Å². The highest BCUT2D eigenvalue weighted by Gasteiger charge is 2.32. The van der Waals surface area contributed by atoms with Crippen LogP contribution in [-0.4, -0.2) is 18.1 Å². The first-order valence-corrected chi connectivity index (χ1v) is 5.73. The Hall–Kier alpha value is -1.31. The summed E-state index contributed by atoms with van der Waals surface area (Å²) in [6, 6.07) is 4.23. The van der Waals surface area contributed by atoms with Gasteiger partial charge >= 0.3 is 0 Å². The molecule has 1 aliphatic carbocycles. The summed E-state index contributed by atoms with van der Waals surface area (Å²) >= 11 is 0. The Labute approximate surface area is 90.6 Å². The van der Waals surface area contributed by atoms with E-state index in [0.717, 1.165) is 11.8 Å². The summed E-state index contributed by atoms with van der Waals surface area (Å²) in [5.41, 5.74) is 1.33. The van der Waals surface area contributed by atoms with Gasteiger partial charge in [-0.15, -0.1) is 0 Å². The van der Waals surface area contributed by atoms with Crippen molar-refractivity contribution in [1.82, 2.24) is 4.98 Å². The van der Waals surface area contributed by atoms with Gasteiger partial charge in [0.1, 0.15) is 0 Å². The van der Waals surface area contributed by atoms with Gasteiger partial charge in [0.05, 0.1) is 0 Å². The van der Waals surface area contributed by atoms with Gasteiger partial charge in [-0.3, -0.25) is 4.98 Å². The molecule has 78 valence electrons. The van der Waals surface area contributed by atoms with E-state index in [2.05, 4.69) is 34.2 Å². The van der Waals surface area contributed by atoms with E-state index in [9.17, 15) is 0 Å². The largest absolute Gasteiger partial charge is 0.371 e. The molecule has 0 aromatic carbocycles. The number of hydrogen-bond acceptors (Lipinski definition) is 2. The Morgan fingerprint density at radius 2 is 1.60 bits per heavy atom. The third-order valence-electron chi connectivity index (χ3n) is 3.65. The molecule has 0 unspecified atom stereocenters. The number of fused-ring (bicyclic) bond motifs is 1. The number of hydrogen-bond donors (Lipinski definition) is 0. The molecule has 1 aromatic rings. The fourth-order valence-electron chi connectivity index (χ4n) is 2.78. The first-order valence-electron chi connectivity index (χ1n) is 5.73. The molecule has 0 spiro atoms. The Bertz CT molecular complexity index is 342. The van der Waals surface area contributed by atoms with Crippen LogP contribution >= 0.6 is 0 Å². The van der Waals surface area contributed by atoms with Gasteiger partial charge in [-0.1, -0.05) is 12.2 Å². The molecule has 2 heterocycles. The van der Waals surface area contributed by atoms with E-state index in [4.69, 9.17) is 0 Å². The van der Waals surface area contributed by atoms with Crippen LogP contribution in [0.1, 0.15) is 12.8 Å². The fraction of sp³-hybridized carbons (Fsp3) is 0.462. The van der Waals surface area contributed by atoms with E-state index in [1.54, 1.807) is 0 Å². The molecule has 0 amide bonds. The van der Waals surface area contributed by atoms with Crippen LogP contribution in [0.2, 0.25) is 0 Å². The minimum absolute atomic E-state index is 0.878. The molecule has 2 atom stereocenters. The molecular formula is C13H16N2. The molecule has 2 heteroatoms. The summed E-state index contributed by atoms with van der Waals surface area (Å²) in [4.78, 5) is 6.57. The smallest absolute Gasteiger partial charge is 0.0397 e. The van der Waals surface area contributed by atoms with Gasteiger partial charge in [-0.05, 0) is 36.8 Å². The van der Waals surface area contributed by atoms with Crippen LogP contribution in [0.3, 0.4) is 0 Å². The Balaban J connectivity index is 1.77. The lowest BCUT2D eigenvalue weighted by atomic mass is 9.86. The van der Waals surface area contributed by atoms with Crippen LogP contribution < -0.4 is 4.90 Å². The first kappa shape index (κ1) is 8.96. The zero-order valence-corrected chi connectivity index (χ0v) is 8.84. The van der Waals surface area contributed by atoms with Crippen LogP contribution in [0.25, 0.3) is 0 Å². The van der Waals surface area contributed by atoms with Crippen LogP contribution in [-0.2, 0) is 0 Å². The second-order valence-corrected chi connectivity index (χ2v) is 4.57. The lowest BCUT2D eigenvalue weighted by Gasteiger charge is -2.17. The standard InChI is InChI=1S/C13H16N2/c1-2-4-12-10-15(9-11(12)3-1)13-5-7-14-8-6-13/h1-2,5-8,11-12H,3-4,9-10H2/t11-,12+. The maximum absolute atomic E-state index is 4.07. The molecule has 1 aliphatic heterocycles. The van der Waals surface area contributed by atoms with Crippen molar-refractivity contribution in [3.8, 4) is 0 Å². The third-order valence-corrected chi connectivity index (χ3v) is 3.65. The van der Waals surface area contributed by atoms with E-state index < -0.39 is 0 Å². The highest BCUT2D eigenvalue weighted by atomic mass is 15.2. The predicted molar refractivity (Wildman–Crippen MR) is 61.8 cm³/mol. The molecule has 0 saturated carbocycles. The van der Waals surface area contributed by atoms with Crippen molar-refractivity contribution in [2.24, 2.45) is 11.8 Å². The van der Waals surface area contributed by atoms with Crippen molar-refractivity contribution in [1.29, 1.82) is 0 Å². The van der Waals surface area contributed by atoms with Gasteiger partial charge in [-0.25, -0.2) is 0 Å². The van der Waals surface area contributed by atoms with E-state index in [1.807, 2.05) is 12.4 Å². The Kier molecular flexibility index (Phi) is 2.20. The number of rotatable bonds is 1. The molecule has 15 heavy (non-hydrogen) atoms. The monoisotopic (exact) mass is 200 g/mol. The summed E-state index contributed by atoms with van der Waals surface area (Å²) < 4.78 is 0. The summed E-state index contributed by atoms with van der Waals surface area (Å²) in [6.07, 6.45) is 11.0. The van der Waals surface area contributed by atoms with Crippen LogP contribution in [0.4, 0.5) is 5.69 Å². The Morgan fingerprint density at radius 1 is 1.00 bits per heavy atom. The zero-order chi connectivity index (χ0) is 10.1. The van der Waals surface area contributed by atoms with Crippen molar-refractivity contribution in [3.05, 3.63) is 36.7 Å². The highest BCUT2D eigenvalue weighted by molar-refractivity contribution is 5.46. The molecule has 2 aliphatic rings.